The van der Waals surface area contributed by atoms with Gasteiger partial charge in [-0.25, -0.2) is 14.0 Å². The van der Waals surface area contributed by atoms with Gasteiger partial charge in [0, 0.05) is 30.7 Å². The SMILES string of the molecule is CC(C)(C)NC(=O)N[C@H](C(=O)N1CCN(C(=O)N2Cc3cccc(F)c3C2)[C@@H](C(=O)NC(CC2CCC2)C(O)C(N)=O)C1)C(C)(C)C. The van der Waals surface area contributed by atoms with Gasteiger partial charge in [0.25, 0.3) is 0 Å². The number of urea groups is 2. The topological polar surface area (TPSA) is 177 Å². The summed E-state index contributed by atoms with van der Waals surface area (Å²) in [6.45, 7) is 10.9. The molecule has 7 amide bonds. The number of nitrogens with zero attached hydrogens (tertiary/aromatic N) is 3. The lowest BCUT2D eigenvalue weighted by Crippen LogP contribution is -2.67. The van der Waals surface area contributed by atoms with Crippen LogP contribution in [-0.2, 0) is 27.5 Å². The lowest BCUT2D eigenvalue weighted by molar-refractivity contribution is -0.141. The average Bonchev–Trinajstić information content (AvgIpc) is 3.40. The van der Waals surface area contributed by atoms with Gasteiger partial charge >= 0.3 is 12.1 Å². The highest BCUT2D eigenvalue weighted by Gasteiger charge is 2.44. The third-order valence-electron chi connectivity index (χ3n) is 9.13. The van der Waals surface area contributed by atoms with Crippen LogP contribution >= 0.6 is 0 Å². The summed E-state index contributed by atoms with van der Waals surface area (Å²) in [5, 5.41) is 19.0. The molecule has 1 aliphatic carbocycles. The molecule has 4 atom stereocenters. The number of aliphatic hydroxyl groups excluding tert-OH is 1. The Morgan fingerprint density at radius 2 is 1.68 bits per heavy atom. The molecule has 2 unspecified atom stereocenters. The van der Waals surface area contributed by atoms with Crippen LogP contribution in [-0.4, -0.2) is 99.0 Å². The number of hydrogen-bond donors (Lipinski definition) is 5. The number of nitrogens with two attached hydrogens (primary N) is 1. The van der Waals surface area contributed by atoms with Gasteiger partial charge in [-0.1, -0.05) is 52.2 Å². The van der Waals surface area contributed by atoms with Gasteiger partial charge in [-0.3, -0.25) is 14.4 Å². The first-order chi connectivity index (χ1) is 21.9. The van der Waals surface area contributed by atoms with Crippen LogP contribution in [0.4, 0.5) is 14.0 Å². The molecule has 0 spiro atoms. The molecule has 4 rings (SSSR count). The first-order valence-electron chi connectivity index (χ1n) is 16.3. The van der Waals surface area contributed by atoms with Gasteiger partial charge in [0.2, 0.25) is 17.7 Å². The van der Waals surface area contributed by atoms with Crippen molar-refractivity contribution in [2.45, 2.75) is 110 Å². The third-order valence-corrected chi connectivity index (χ3v) is 9.13. The van der Waals surface area contributed by atoms with Crippen LogP contribution in [0.1, 0.15) is 78.4 Å². The zero-order chi connectivity index (χ0) is 34.8. The fourth-order valence-corrected chi connectivity index (χ4v) is 6.30. The van der Waals surface area contributed by atoms with E-state index in [-0.39, 0.29) is 38.6 Å². The zero-order valence-electron chi connectivity index (χ0n) is 28.3. The molecule has 0 bridgehead atoms. The second-order valence-corrected chi connectivity index (χ2v) is 15.2. The van der Waals surface area contributed by atoms with Crippen molar-refractivity contribution in [3.8, 4) is 0 Å². The Kier molecular flexibility index (Phi) is 10.7. The Hall–Kier alpha value is -3.94. The van der Waals surface area contributed by atoms with Crippen molar-refractivity contribution in [2.75, 3.05) is 19.6 Å². The van der Waals surface area contributed by atoms with E-state index in [0.29, 0.717) is 17.5 Å². The molecule has 3 aliphatic rings. The maximum Gasteiger partial charge on any atom is 0.321 e. The number of aliphatic hydroxyl groups is 1. The molecule has 2 aliphatic heterocycles. The number of rotatable bonds is 8. The van der Waals surface area contributed by atoms with Crippen LogP contribution < -0.4 is 21.7 Å². The van der Waals surface area contributed by atoms with Gasteiger partial charge < -0.3 is 41.5 Å². The van der Waals surface area contributed by atoms with E-state index in [0.717, 1.165) is 19.3 Å². The molecular weight excluding hydrogens is 609 g/mol. The molecule has 6 N–H and O–H groups in total. The fraction of sp³-hybridized carbons (Fsp3) is 0.667. The van der Waals surface area contributed by atoms with E-state index in [1.165, 1.54) is 20.8 Å². The highest BCUT2D eigenvalue weighted by atomic mass is 19.1. The Bertz CT molecular complexity index is 1370. The minimum Gasteiger partial charge on any atom is -0.381 e. The molecule has 0 radical (unpaired) electrons. The van der Waals surface area contributed by atoms with E-state index in [1.807, 2.05) is 41.5 Å². The van der Waals surface area contributed by atoms with Crippen molar-refractivity contribution in [2.24, 2.45) is 17.1 Å². The Morgan fingerprint density at radius 3 is 2.23 bits per heavy atom. The molecule has 13 nitrogen and oxygen atoms in total. The molecule has 1 aromatic rings. The van der Waals surface area contributed by atoms with E-state index in [1.54, 1.807) is 12.1 Å². The van der Waals surface area contributed by atoms with Crippen LogP contribution in [0.2, 0.25) is 0 Å². The van der Waals surface area contributed by atoms with Gasteiger partial charge in [0.05, 0.1) is 19.1 Å². The molecule has 1 aromatic carbocycles. The molecule has 2 heterocycles. The summed E-state index contributed by atoms with van der Waals surface area (Å²) in [6.07, 6.45) is 1.49. The minimum atomic E-state index is -1.64. The van der Waals surface area contributed by atoms with E-state index >= 15 is 0 Å². The number of nitrogens with one attached hydrogen (secondary N) is 3. The zero-order valence-corrected chi connectivity index (χ0v) is 28.3. The standard InChI is InChI=1S/C33H50FN7O6/c1-32(2,3)26(37-30(46)38-33(4,5)6)29(45)39-13-14-41(31(47)40-16-20-11-8-12-22(34)21(20)17-40)24(18-39)28(44)36-23(25(42)27(35)43)15-19-9-7-10-19/h8,11-12,19,23-26,42H,7,9-10,13-18H2,1-6H3,(H2,35,43)(H,36,44)(H2,37,38,46)/t23?,24-,25?,26-/m1/s1. The molecule has 14 heteroatoms. The lowest BCUT2D eigenvalue weighted by atomic mass is 9.79. The van der Waals surface area contributed by atoms with Crippen LogP contribution in [0, 0.1) is 17.2 Å². The second-order valence-electron chi connectivity index (χ2n) is 15.2. The molecular formula is C33H50FN7O6. The van der Waals surface area contributed by atoms with Gasteiger partial charge in [0.1, 0.15) is 17.9 Å². The van der Waals surface area contributed by atoms with Crippen molar-refractivity contribution in [1.82, 2.24) is 30.7 Å². The van der Waals surface area contributed by atoms with E-state index in [2.05, 4.69) is 16.0 Å². The van der Waals surface area contributed by atoms with Gasteiger partial charge in [-0.2, -0.15) is 0 Å². The summed E-state index contributed by atoms with van der Waals surface area (Å²) >= 11 is 0. The summed E-state index contributed by atoms with van der Waals surface area (Å²) in [5.41, 5.74) is 5.25. The number of benzene rings is 1. The van der Waals surface area contributed by atoms with Crippen LogP contribution in [0.25, 0.3) is 0 Å². The van der Waals surface area contributed by atoms with Crippen molar-refractivity contribution in [3.05, 3.63) is 35.1 Å². The average molecular weight is 660 g/mol. The number of primary amides is 1. The van der Waals surface area contributed by atoms with E-state index < -0.39 is 70.8 Å². The maximum absolute atomic E-state index is 14.5. The monoisotopic (exact) mass is 659 g/mol. The molecule has 1 saturated heterocycles. The Morgan fingerprint density at radius 1 is 1.00 bits per heavy atom. The van der Waals surface area contributed by atoms with Crippen LogP contribution in [0.3, 0.4) is 0 Å². The molecule has 47 heavy (non-hydrogen) atoms. The molecule has 0 aromatic heterocycles. The number of halogens is 1. The second kappa shape index (κ2) is 14.0. The maximum atomic E-state index is 14.5. The van der Waals surface area contributed by atoms with Crippen molar-refractivity contribution in [1.29, 1.82) is 0 Å². The number of carbonyl (C=O) groups excluding carboxylic acids is 5. The van der Waals surface area contributed by atoms with E-state index in [9.17, 15) is 33.5 Å². The number of hydrogen-bond acceptors (Lipinski definition) is 6. The number of piperazine rings is 1. The number of amides is 7. The number of fused-ring (bicyclic) bond motifs is 1. The first-order valence-corrected chi connectivity index (χ1v) is 16.3. The van der Waals surface area contributed by atoms with Crippen LogP contribution in [0.15, 0.2) is 18.2 Å². The number of carbonyl (C=O) groups is 5. The molecule has 2 fully saturated rings. The fourth-order valence-electron chi connectivity index (χ4n) is 6.30. The van der Waals surface area contributed by atoms with Gasteiger partial charge in [0.15, 0.2) is 6.10 Å². The predicted octanol–water partition coefficient (Wildman–Crippen LogP) is 1.81. The third kappa shape index (κ3) is 8.70. The smallest absolute Gasteiger partial charge is 0.321 e. The summed E-state index contributed by atoms with van der Waals surface area (Å²) in [4.78, 5) is 71.1. The van der Waals surface area contributed by atoms with Gasteiger partial charge in [-0.05, 0) is 50.2 Å². The predicted molar refractivity (Wildman–Crippen MR) is 172 cm³/mol. The molecule has 260 valence electrons. The largest absolute Gasteiger partial charge is 0.381 e. The van der Waals surface area contributed by atoms with E-state index in [4.69, 9.17) is 5.73 Å². The summed E-state index contributed by atoms with van der Waals surface area (Å²) in [5.74, 6) is -2.28. The van der Waals surface area contributed by atoms with Gasteiger partial charge in [-0.15, -0.1) is 0 Å². The lowest BCUT2D eigenvalue weighted by Gasteiger charge is -2.44. The summed E-state index contributed by atoms with van der Waals surface area (Å²) < 4.78 is 14.5. The summed E-state index contributed by atoms with van der Waals surface area (Å²) in [6, 6.07) is 0.485. The minimum absolute atomic E-state index is 0.0191. The highest BCUT2D eigenvalue weighted by molar-refractivity contribution is 5.92. The summed E-state index contributed by atoms with van der Waals surface area (Å²) in [7, 11) is 0. The Labute approximate surface area is 275 Å². The first kappa shape index (κ1) is 35.9. The molecule has 1 saturated carbocycles. The normalized spacial score (nSPS) is 20.4. The van der Waals surface area contributed by atoms with Crippen molar-refractivity contribution < 1.29 is 33.5 Å². The quantitative estimate of drug-likeness (QED) is 0.284. The Balaban J connectivity index is 1.59. The van der Waals surface area contributed by atoms with Crippen molar-refractivity contribution in [3.63, 3.8) is 0 Å². The highest BCUT2D eigenvalue weighted by Crippen LogP contribution is 2.32. The van der Waals surface area contributed by atoms with Crippen molar-refractivity contribution >= 4 is 29.8 Å². The van der Waals surface area contributed by atoms with Crippen LogP contribution in [0.5, 0.6) is 0 Å².